The molecule has 0 bridgehead atoms. The number of aryl methyl sites for hydroxylation is 1. The van der Waals surface area contributed by atoms with Gasteiger partial charge in [0.1, 0.15) is 0 Å². The van der Waals surface area contributed by atoms with Crippen LogP contribution in [0, 0.1) is 0 Å². The average molecular weight is 211 g/mol. The van der Waals surface area contributed by atoms with Crippen LogP contribution in [0.1, 0.15) is 31.9 Å². The monoisotopic (exact) mass is 211 g/mol. The van der Waals surface area contributed by atoms with E-state index in [1.807, 2.05) is 12.5 Å². The van der Waals surface area contributed by atoms with E-state index in [1.165, 1.54) is 19.3 Å². The van der Waals surface area contributed by atoms with Crippen LogP contribution in [0.2, 0.25) is 0 Å². The normalized spacial score (nSPS) is 13.0. The molecule has 0 aliphatic carbocycles. The predicted molar refractivity (Wildman–Crippen MR) is 60.5 cm³/mol. The fourth-order valence-corrected chi connectivity index (χ4v) is 1.51. The first-order valence-electron chi connectivity index (χ1n) is 5.63. The summed E-state index contributed by atoms with van der Waals surface area (Å²) in [5, 5.41) is 8.82. The van der Waals surface area contributed by atoms with Crippen LogP contribution in [-0.2, 0) is 13.0 Å². The first kappa shape index (κ1) is 12.2. The molecule has 0 unspecified atom stereocenters. The average Bonchev–Trinajstić information content (AvgIpc) is 2.66. The van der Waals surface area contributed by atoms with Crippen molar-refractivity contribution in [1.29, 1.82) is 0 Å². The van der Waals surface area contributed by atoms with Gasteiger partial charge >= 0.3 is 0 Å². The summed E-state index contributed by atoms with van der Waals surface area (Å²) in [5.74, 6) is 0. The Kier molecular flexibility index (Phi) is 5.36. The van der Waals surface area contributed by atoms with Crippen LogP contribution < -0.4 is 5.73 Å². The summed E-state index contributed by atoms with van der Waals surface area (Å²) in [6.07, 6.45) is 8.19. The molecule has 1 rings (SSSR count). The molecule has 4 nitrogen and oxygen atoms in total. The van der Waals surface area contributed by atoms with Crippen molar-refractivity contribution >= 4 is 0 Å². The maximum absolute atomic E-state index is 8.82. The number of aliphatic hydroxyl groups excluding tert-OH is 1. The lowest BCUT2D eigenvalue weighted by Crippen LogP contribution is -2.26. The van der Waals surface area contributed by atoms with Crippen molar-refractivity contribution in [2.24, 2.45) is 5.73 Å². The maximum atomic E-state index is 8.82. The molecular weight excluding hydrogens is 190 g/mol. The van der Waals surface area contributed by atoms with E-state index in [0.29, 0.717) is 6.42 Å². The lowest BCUT2D eigenvalue weighted by molar-refractivity contribution is 0.264. The summed E-state index contributed by atoms with van der Waals surface area (Å²) in [5.41, 5.74) is 6.60. The Morgan fingerprint density at radius 1 is 1.53 bits per heavy atom. The Balaban J connectivity index is 2.35. The second kappa shape index (κ2) is 6.58. The van der Waals surface area contributed by atoms with Crippen molar-refractivity contribution in [3.8, 4) is 0 Å². The molecule has 86 valence electrons. The lowest BCUT2D eigenvalue weighted by Gasteiger charge is -2.04. The number of nitrogens with two attached hydrogens (primary N) is 1. The lowest BCUT2D eigenvalue weighted by atomic mass is 10.2. The van der Waals surface area contributed by atoms with Gasteiger partial charge in [0.25, 0.3) is 0 Å². The van der Waals surface area contributed by atoms with Gasteiger partial charge in [-0.25, -0.2) is 4.98 Å². The highest BCUT2D eigenvalue weighted by atomic mass is 16.3. The van der Waals surface area contributed by atoms with Crippen LogP contribution in [0.15, 0.2) is 12.5 Å². The Morgan fingerprint density at radius 2 is 2.33 bits per heavy atom. The van der Waals surface area contributed by atoms with Gasteiger partial charge in [-0.15, -0.1) is 0 Å². The van der Waals surface area contributed by atoms with Gasteiger partial charge in [0.15, 0.2) is 0 Å². The third kappa shape index (κ3) is 4.44. The summed E-state index contributed by atoms with van der Waals surface area (Å²) in [7, 11) is 0. The Bertz CT molecular complexity index is 273. The first-order chi connectivity index (χ1) is 7.26. The molecule has 15 heavy (non-hydrogen) atoms. The maximum Gasteiger partial charge on any atom is 0.0949 e. The quantitative estimate of drug-likeness (QED) is 0.660. The van der Waals surface area contributed by atoms with Crippen molar-refractivity contribution in [3.63, 3.8) is 0 Å². The van der Waals surface area contributed by atoms with Gasteiger partial charge in [0.2, 0.25) is 0 Å². The number of imidazole rings is 1. The molecule has 0 aliphatic heterocycles. The van der Waals surface area contributed by atoms with Crippen LogP contribution in [0.5, 0.6) is 0 Å². The molecule has 3 N–H and O–H groups in total. The topological polar surface area (TPSA) is 64.1 Å². The third-order valence-electron chi connectivity index (χ3n) is 2.41. The molecule has 4 heteroatoms. The van der Waals surface area contributed by atoms with Crippen molar-refractivity contribution < 1.29 is 5.11 Å². The number of unbranched alkanes of at least 4 members (excludes halogenated alkanes) is 2. The molecule has 1 aromatic rings. The van der Waals surface area contributed by atoms with Gasteiger partial charge in [-0.1, -0.05) is 19.8 Å². The van der Waals surface area contributed by atoms with Crippen molar-refractivity contribution in [2.45, 2.75) is 45.2 Å². The molecule has 1 aromatic heterocycles. The highest BCUT2D eigenvalue weighted by molar-refractivity contribution is 4.99. The van der Waals surface area contributed by atoms with Crippen LogP contribution in [0.3, 0.4) is 0 Å². The smallest absolute Gasteiger partial charge is 0.0949 e. The number of hydrogen-bond donors (Lipinski definition) is 2. The fraction of sp³-hybridized carbons (Fsp3) is 0.727. The van der Waals surface area contributed by atoms with Gasteiger partial charge in [-0.05, 0) is 6.42 Å². The largest absolute Gasteiger partial charge is 0.395 e. The van der Waals surface area contributed by atoms with Crippen molar-refractivity contribution in [3.05, 3.63) is 18.2 Å². The van der Waals surface area contributed by atoms with E-state index < -0.39 is 0 Å². The Morgan fingerprint density at radius 3 is 3.00 bits per heavy atom. The molecule has 1 heterocycles. The van der Waals surface area contributed by atoms with Crippen LogP contribution in [-0.4, -0.2) is 27.3 Å². The zero-order chi connectivity index (χ0) is 11.1. The summed E-state index contributed by atoms with van der Waals surface area (Å²) in [4.78, 5) is 4.25. The van der Waals surface area contributed by atoms with Gasteiger partial charge in [0, 0.05) is 25.2 Å². The number of aliphatic hydroxyl groups is 1. The Labute approximate surface area is 91.1 Å². The second-order valence-corrected chi connectivity index (χ2v) is 3.96. The first-order valence-corrected chi connectivity index (χ1v) is 5.63. The molecule has 0 fully saturated rings. The van der Waals surface area contributed by atoms with Crippen molar-refractivity contribution in [1.82, 2.24) is 9.55 Å². The molecule has 0 radical (unpaired) electrons. The molecule has 0 aromatic carbocycles. The SMILES string of the molecule is CCCCCn1cnc(C[C@H](N)CO)c1. The summed E-state index contributed by atoms with van der Waals surface area (Å²) < 4.78 is 2.09. The van der Waals surface area contributed by atoms with E-state index >= 15 is 0 Å². The van der Waals surface area contributed by atoms with E-state index in [1.54, 1.807) is 0 Å². The highest BCUT2D eigenvalue weighted by Gasteiger charge is 2.04. The van der Waals surface area contributed by atoms with Gasteiger partial charge in [-0.3, -0.25) is 0 Å². The molecule has 0 amide bonds. The number of hydrogen-bond acceptors (Lipinski definition) is 3. The summed E-state index contributed by atoms with van der Waals surface area (Å²) in [6.45, 7) is 3.23. The molecule has 1 atom stereocenters. The molecular formula is C11H21N3O. The van der Waals surface area contributed by atoms with Gasteiger partial charge in [0.05, 0.1) is 18.6 Å². The second-order valence-electron chi connectivity index (χ2n) is 3.96. The molecule has 0 aliphatic rings. The minimum atomic E-state index is -0.191. The van der Waals surface area contributed by atoms with Crippen LogP contribution in [0.4, 0.5) is 0 Å². The van der Waals surface area contributed by atoms with Gasteiger partial charge in [-0.2, -0.15) is 0 Å². The number of nitrogens with zero attached hydrogens (tertiary/aromatic N) is 2. The van der Waals surface area contributed by atoms with Gasteiger partial charge < -0.3 is 15.4 Å². The predicted octanol–water partition coefficient (Wildman–Crippen LogP) is 0.935. The molecule has 0 saturated carbocycles. The highest BCUT2D eigenvalue weighted by Crippen LogP contribution is 2.03. The minimum absolute atomic E-state index is 0.0166. The summed E-state index contributed by atoms with van der Waals surface area (Å²) in [6, 6.07) is -0.191. The molecule has 0 spiro atoms. The zero-order valence-corrected chi connectivity index (χ0v) is 9.39. The van der Waals surface area contributed by atoms with Crippen LogP contribution in [0.25, 0.3) is 0 Å². The van der Waals surface area contributed by atoms with E-state index in [9.17, 15) is 0 Å². The van der Waals surface area contributed by atoms with Crippen LogP contribution >= 0.6 is 0 Å². The molecule has 0 saturated heterocycles. The Hall–Kier alpha value is -0.870. The fourth-order valence-electron chi connectivity index (χ4n) is 1.51. The zero-order valence-electron chi connectivity index (χ0n) is 9.39. The van der Waals surface area contributed by atoms with E-state index in [2.05, 4.69) is 16.5 Å². The van der Waals surface area contributed by atoms with E-state index in [0.717, 1.165) is 12.2 Å². The number of rotatable bonds is 7. The number of aromatic nitrogens is 2. The van der Waals surface area contributed by atoms with Crippen molar-refractivity contribution in [2.75, 3.05) is 6.61 Å². The van der Waals surface area contributed by atoms with E-state index in [4.69, 9.17) is 10.8 Å². The minimum Gasteiger partial charge on any atom is -0.395 e. The summed E-state index contributed by atoms with van der Waals surface area (Å²) >= 11 is 0. The standard InChI is InChI=1S/C11H21N3O/c1-2-3-4-5-14-7-11(13-9-14)6-10(12)8-15/h7,9-10,15H,2-6,8,12H2,1H3/t10-/m0/s1. The van der Waals surface area contributed by atoms with E-state index in [-0.39, 0.29) is 12.6 Å². The third-order valence-corrected chi connectivity index (χ3v) is 2.41.